The first-order valence-electron chi connectivity index (χ1n) is 4.07. The quantitative estimate of drug-likeness (QED) is 0.401. The molecule has 0 aliphatic rings. The molecule has 0 saturated heterocycles. The van der Waals surface area contributed by atoms with Gasteiger partial charge in [-0.2, -0.15) is 0 Å². The Labute approximate surface area is 82.6 Å². The van der Waals surface area contributed by atoms with Crippen molar-refractivity contribution >= 4 is 6.47 Å². The largest absolute Gasteiger partial charge is 0.433 e. The van der Waals surface area contributed by atoms with E-state index in [4.69, 9.17) is 15.9 Å². The van der Waals surface area contributed by atoms with Gasteiger partial charge in [0.05, 0.1) is 0 Å². The van der Waals surface area contributed by atoms with Gasteiger partial charge in [0.25, 0.3) is 6.47 Å². The summed E-state index contributed by atoms with van der Waals surface area (Å²) in [4.78, 5) is 10.2. The monoisotopic (exact) mass is 190 g/mol. The fourth-order valence-electron chi connectivity index (χ4n) is 0.999. The van der Waals surface area contributed by atoms with E-state index in [1.807, 2.05) is 18.2 Å². The second kappa shape index (κ2) is 5.79. The molecule has 1 rings (SSSR count). The van der Waals surface area contributed by atoms with Crippen molar-refractivity contribution in [3.8, 4) is 12.3 Å². The summed E-state index contributed by atoms with van der Waals surface area (Å²) in [5.41, 5.74) is 0.759. The van der Waals surface area contributed by atoms with Crippen molar-refractivity contribution in [1.82, 2.24) is 0 Å². The van der Waals surface area contributed by atoms with E-state index in [2.05, 4.69) is 5.92 Å². The first-order valence-corrected chi connectivity index (χ1v) is 4.07. The lowest BCUT2D eigenvalue weighted by Gasteiger charge is -2.14. The minimum Gasteiger partial charge on any atom is -0.433 e. The highest BCUT2D eigenvalue weighted by Crippen LogP contribution is 2.16. The Bertz CT molecular complexity index is 313. The second-order valence-electron chi connectivity index (χ2n) is 2.49. The van der Waals surface area contributed by atoms with E-state index >= 15 is 0 Å². The van der Waals surface area contributed by atoms with Crippen LogP contribution in [0.5, 0.6) is 0 Å². The van der Waals surface area contributed by atoms with Crippen LogP contribution in [-0.4, -0.2) is 13.1 Å². The van der Waals surface area contributed by atoms with E-state index < -0.39 is 6.29 Å². The molecule has 0 radical (unpaired) electrons. The standard InChI is InChI=1S/C11H10O3/c1-2-8-13-11(14-9-12)10-6-4-3-5-7-10/h1,3-7,9,11H,8H2. The van der Waals surface area contributed by atoms with Crippen molar-refractivity contribution in [1.29, 1.82) is 0 Å². The summed E-state index contributed by atoms with van der Waals surface area (Å²) in [7, 11) is 0. The van der Waals surface area contributed by atoms with Crippen molar-refractivity contribution < 1.29 is 14.3 Å². The van der Waals surface area contributed by atoms with E-state index in [9.17, 15) is 4.79 Å². The molecule has 0 aromatic heterocycles. The van der Waals surface area contributed by atoms with Gasteiger partial charge in [0.1, 0.15) is 6.61 Å². The smallest absolute Gasteiger partial charge is 0.295 e. The van der Waals surface area contributed by atoms with Crippen molar-refractivity contribution in [3.05, 3.63) is 35.9 Å². The molecule has 14 heavy (non-hydrogen) atoms. The third-order valence-electron chi connectivity index (χ3n) is 1.57. The lowest BCUT2D eigenvalue weighted by atomic mass is 10.2. The van der Waals surface area contributed by atoms with Gasteiger partial charge in [0.2, 0.25) is 6.29 Å². The molecule has 0 fully saturated rings. The molecule has 1 atom stereocenters. The third kappa shape index (κ3) is 2.92. The van der Waals surface area contributed by atoms with Crippen LogP contribution in [0.1, 0.15) is 11.9 Å². The Kier molecular flexibility index (Phi) is 4.25. The van der Waals surface area contributed by atoms with Crippen LogP contribution in [0.15, 0.2) is 30.3 Å². The Morgan fingerprint density at radius 1 is 1.43 bits per heavy atom. The molecule has 72 valence electrons. The number of terminal acetylenes is 1. The van der Waals surface area contributed by atoms with Crippen LogP contribution in [0.4, 0.5) is 0 Å². The molecule has 0 saturated carbocycles. The maximum Gasteiger partial charge on any atom is 0.295 e. The van der Waals surface area contributed by atoms with E-state index in [1.54, 1.807) is 12.1 Å². The molecular weight excluding hydrogens is 180 g/mol. The van der Waals surface area contributed by atoms with Gasteiger partial charge in [0, 0.05) is 5.56 Å². The predicted octanol–water partition coefficient (Wildman–Crippen LogP) is 1.51. The maximum absolute atomic E-state index is 10.2. The number of rotatable bonds is 5. The SMILES string of the molecule is C#CCOC(OC=O)c1ccccc1. The molecule has 0 aliphatic heterocycles. The average molecular weight is 190 g/mol. The second-order valence-corrected chi connectivity index (χ2v) is 2.49. The van der Waals surface area contributed by atoms with E-state index in [-0.39, 0.29) is 6.61 Å². The molecule has 3 nitrogen and oxygen atoms in total. The van der Waals surface area contributed by atoms with Crippen LogP contribution in [0.25, 0.3) is 0 Å². The predicted molar refractivity (Wildman–Crippen MR) is 51.1 cm³/mol. The fourth-order valence-corrected chi connectivity index (χ4v) is 0.999. The average Bonchev–Trinajstić information content (AvgIpc) is 2.25. The molecule has 0 bridgehead atoms. The molecular formula is C11H10O3. The van der Waals surface area contributed by atoms with E-state index in [0.717, 1.165) is 5.56 Å². The number of carbonyl (C=O) groups is 1. The van der Waals surface area contributed by atoms with Gasteiger partial charge in [-0.05, 0) is 0 Å². The molecule has 1 unspecified atom stereocenters. The van der Waals surface area contributed by atoms with Crippen LogP contribution >= 0.6 is 0 Å². The van der Waals surface area contributed by atoms with Gasteiger partial charge >= 0.3 is 0 Å². The summed E-state index contributed by atoms with van der Waals surface area (Å²) < 4.78 is 9.86. The van der Waals surface area contributed by atoms with Gasteiger partial charge in [-0.3, -0.25) is 4.79 Å². The molecule has 1 aromatic rings. The van der Waals surface area contributed by atoms with Crippen LogP contribution in [0, 0.1) is 12.3 Å². The molecule has 1 aromatic carbocycles. The summed E-state index contributed by atoms with van der Waals surface area (Å²) in [6, 6.07) is 9.11. The summed E-state index contributed by atoms with van der Waals surface area (Å²) in [6.07, 6.45) is 4.31. The lowest BCUT2D eigenvalue weighted by Crippen LogP contribution is -2.08. The highest BCUT2D eigenvalue weighted by Gasteiger charge is 2.10. The topological polar surface area (TPSA) is 35.5 Å². The van der Waals surface area contributed by atoms with Gasteiger partial charge in [-0.1, -0.05) is 36.3 Å². The minimum absolute atomic E-state index is 0.105. The number of ether oxygens (including phenoxy) is 2. The van der Waals surface area contributed by atoms with Crippen LogP contribution in [0.2, 0.25) is 0 Å². The summed E-state index contributed by atoms with van der Waals surface area (Å²) in [5.74, 6) is 2.31. The normalized spacial score (nSPS) is 11.4. The van der Waals surface area contributed by atoms with Crippen molar-refractivity contribution in [2.24, 2.45) is 0 Å². The molecule has 0 N–H and O–H groups in total. The van der Waals surface area contributed by atoms with Gasteiger partial charge in [-0.25, -0.2) is 0 Å². The summed E-state index contributed by atoms with van der Waals surface area (Å²) >= 11 is 0. The third-order valence-corrected chi connectivity index (χ3v) is 1.57. The number of benzene rings is 1. The summed E-state index contributed by atoms with van der Waals surface area (Å²) in [6.45, 7) is 0.446. The van der Waals surface area contributed by atoms with Crippen LogP contribution in [0.3, 0.4) is 0 Å². The maximum atomic E-state index is 10.2. The Balaban J connectivity index is 2.68. The van der Waals surface area contributed by atoms with E-state index in [0.29, 0.717) is 6.47 Å². The van der Waals surface area contributed by atoms with Gasteiger partial charge < -0.3 is 9.47 Å². The minimum atomic E-state index is -0.718. The van der Waals surface area contributed by atoms with Crippen molar-refractivity contribution in [3.63, 3.8) is 0 Å². The Morgan fingerprint density at radius 3 is 2.71 bits per heavy atom. The van der Waals surface area contributed by atoms with Gasteiger partial charge in [-0.15, -0.1) is 6.42 Å². The van der Waals surface area contributed by atoms with Crippen molar-refractivity contribution in [2.45, 2.75) is 6.29 Å². The van der Waals surface area contributed by atoms with Crippen LogP contribution in [-0.2, 0) is 14.3 Å². The number of carbonyl (C=O) groups excluding carboxylic acids is 1. The number of hydrogen-bond donors (Lipinski definition) is 0. The highest BCUT2D eigenvalue weighted by atomic mass is 16.7. The molecule has 0 heterocycles. The fraction of sp³-hybridized carbons (Fsp3) is 0.182. The molecule has 3 heteroatoms. The van der Waals surface area contributed by atoms with Gasteiger partial charge in [0.15, 0.2) is 0 Å². The zero-order chi connectivity index (χ0) is 10.2. The summed E-state index contributed by atoms with van der Waals surface area (Å²) in [5, 5.41) is 0. The first-order chi connectivity index (χ1) is 6.88. The van der Waals surface area contributed by atoms with Crippen molar-refractivity contribution in [2.75, 3.05) is 6.61 Å². The first kappa shape index (κ1) is 10.3. The van der Waals surface area contributed by atoms with E-state index in [1.165, 1.54) is 0 Å². The lowest BCUT2D eigenvalue weighted by molar-refractivity contribution is -0.162. The van der Waals surface area contributed by atoms with Crippen LogP contribution < -0.4 is 0 Å². The number of hydrogen-bond acceptors (Lipinski definition) is 3. The molecule has 0 aliphatic carbocycles. The Morgan fingerprint density at radius 2 is 2.14 bits per heavy atom. The zero-order valence-electron chi connectivity index (χ0n) is 7.55. The zero-order valence-corrected chi connectivity index (χ0v) is 7.55. The highest BCUT2D eigenvalue weighted by molar-refractivity contribution is 5.38. The molecule has 0 amide bonds. The Hall–Kier alpha value is -1.79. The molecule has 0 spiro atoms.